The Morgan fingerprint density at radius 1 is 1.18 bits per heavy atom. The minimum absolute atomic E-state index is 0.107. The largest absolute Gasteiger partial charge is 0.461 e. The van der Waals surface area contributed by atoms with E-state index in [2.05, 4.69) is 27.3 Å². The Hall–Kier alpha value is -2.70. The van der Waals surface area contributed by atoms with Gasteiger partial charge in [-0.15, -0.1) is 5.10 Å². The summed E-state index contributed by atoms with van der Waals surface area (Å²) in [6.45, 7) is 0. The summed E-state index contributed by atoms with van der Waals surface area (Å²) in [7, 11) is 0. The molecule has 2 fully saturated rings. The van der Waals surface area contributed by atoms with Gasteiger partial charge in [-0.25, -0.2) is 4.90 Å². The Kier molecular flexibility index (Phi) is 2.13. The number of imide groups is 1. The van der Waals surface area contributed by atoms with Crippen molar-refractivity contribution in [2.24, 2.45) is 23.7 Å². The molecule has 0 aromatic carbocycles. The van der Waals surface area contributed by atoms with E-state index in [0.717, 1.165) is 11.3 Å². The van der Waals surface area contributed by atoms with Gasteiger partial charge in [-0.2, -0.15) is 4.98 Å². The maximum Gasteiger partial charge on any atom is 0.258 e. The van der Waals surface area contributed by atoms with Crippen LogP contribution >= 0.6 is 0 Å². The average Bonchev–Trinajstić information content (AvgIpc) is 3.28. The lowest BCUT2D eigenvalue weighted by atomic mass is 9.85. The van der Waals surface area contributed by atoms with Gasteiger partial charge in [-0.05, 0) is 30.4 Å². The highest BCUT2D eigenvalue weighted by Gasteiger charge is 2.60. The number of furan rings is 1. The van der Waals surface area contributed by atoms with E-state index in [0.29, 0.717) is 11.6 Å². The summed E-state index contributed by atoms with van der Waals surface area (Å²) in [6, 6.07) is 3.47. The predicted octanol–water partition coefficient (Wildman–Crippen LogP) is 1.38. The van der Waals surface area contributed by atoms with Crippen molar-refractivity contribution in [2.75, 3.05) is 4.90 Å². The topological polar surface area (TPSA) is 92.1 Å². The van der Waals surface area contributed by atoms with E-state index in [1.54, 1.807) is 12.1 Å². The highest BCUT2D eigenvalue weighted by molar-refractivity contribution is 6.21. The predicted molar refractivity (Wildman–Crippen MR) is 74.3 cm³/mol. The van der Waals surface area contributed by atoms with E-state index in [-0.39, 0.29) is 41.4 Å². The van der Waals surface area contributed by atoms with Crippen molar-refractivity contribution in [3.05, 3.63) is 30.5 Å². The minimum Gasteiger partial charge on any atom is -0.461 e. The Morgan fingerprint density at radius 2 is 1.91 bits per heavy atom. The van der Waals surface area contributed by atoms with Gasteiger partial charge >= 0.3 is 0 Å². The van der Waals surface area contributed by atoms with Gasteiger partial charge in [0.1, 0.15) is 0 Å². The number of hydrogen-bond donors (Lipinski definition) is 1. The molecule has 2 aromatic rings. The zero-order chi connectivity index (χ0) is 14.8. The van der Waals surface area contributed by atoms with Crippen LogP contribution in [-0.4, -0.2) is 27.0 Å². The zero-order valence-corrected chi connectivity index (χ0v) is 11.5. The molecule has 3 aliphatic rings. The summed E-state index contributed by atoms with van der Waals surface area (Å²) in [6.07, 6.45) is 6.56. The van der Waals surface area contributed by atoms with Gasteiger partial charge in [0.2, 0.25) is 11.8 Å². The number of carbonyl (C=O) groups is 2. The van der Waals surface area contributed by atoms with Crippen molar-refractivity contribution in [2.45, 2.75) is 6.42 Å². The molecule has 7 nitrogen and oxygen atoms in total. The third-order valence-corrected chi connectivity index (χ3v) is 4.90. The van der Waals surface area contributed by atoms with Crippen LogP contribution in [0.3, 0.4) is 0 Å². The van der Waals surface area contributed by atoms with E-state index in [4.69, 9.17) is 4.42 Å². The van der Waals surface area contributed by atoms with Crippen LogP contribution in [0.15, 0.2) is 35.0 Å². The first-order valence-corrected chi connectivity index (χ1v) is 7.26. The maximum absolute atomic E-state index is 12.6. The molecule has 2 bridgehead atoms. The van der Waals surface area contributed by atoms with E-state index in [1.807, 2.05) is 0 Å². The summed E-state index contributed by atoms with van der Waals surface area (Å²) in [4.78, 5) is 30.6. The highest BCUT2D eigenvalue weighted by atomic mass is 16.3. The van der Waals surface area contributed by atoms with Crippen LogP contribution in [0.5, 0.6) is 0 Å². The zero-order valence-electron chi connectivity index (χ0n) is 11.5. The molecule has 110 valence electrons. The van der Waals surface area contributed by atoms with Crippen LogP contribution in [0.25, 0.3) is 11.6 Å². The van der Waals surface area contributed by atoms with Gasteiger partial charge < -0.3 is 4.42 Å². The monoisotopic (exact) mass is 296 g/mol. The van der Waals surface area contributed by atoms with Crippen molar-refractivity contribution in [1.29, 1.82) is 0 Å². The van der Waals surface area contributed by atoms with Crippen molar-refractivity contribution < 1.29 is 14.0 Å². The molecule has 4 atom stereocenters. The number of hydrogen-bond acceptors (Lipinski definition) is 5. The van der Waals surface area contributed by atoms with E-state index >= 15 is 0 Å². The van der Waals surface area contributed by atoms with Crippen LogP contribution < -0.4 is 4.90 Å². The van der Waals surface area contributed by atoms with E-state index in [1.165, 1.54) is 6.26 Å². The standard InChI is InChI=1S/C15H12N4O3/c20-13-10-7-3-4-8(6-7)11(10)14(21)19(13)15-16-12(17-18-15)9-2-1-5-22-9/h1-5,7-8,10-11H,6H2,(H,16,17,18)/t7-,8+,10+,11-. The number of H-pyrrole nitrogens is 1. The Labute approximate surface area is 125 Å². The summed E-state index contributed by atoms with van der Waals surface area (Å²) in [5.41, 5.74) is 0. The third kappa shape index (κ3) is 1.35. The number of nitrogens with zero attached hydrogens (tertiary/aromatic N) is 3. The molecule has 1 N–H and O–H groups in total. The van der Waals surface area contributed by atoms with Crippen LogP contribution in [0.2, 0.25) is 0 Å². The first-order chi connectivity index (χ1) is 10.7. The van der Waals surface area contributed by atoms with Gasteiger partial charge in [-0.3, -0.25) is 14.7 Å². The molecule has 22 heavy (non-hydrogen) atoms. The number of aromatic amines is 1. The number of rotatable bonds is 2. The summed E-state index contributed by atoms with van der Waals surface area (Å²) in [5.74, 6) is 0.531. The first-order valence-electron chi connectivity index (χ1n) is 7.26. The SMILES string of the molecule is O=C1[C@@H]2[C@H](C(=O)N1c1n[nH]c(-c3ccco3)n1)[C@H]1C=C[C@@H]2C1. The van der Waals surface area contributed by atoms with Crippen molar-refractivity contribution in [1.82, 2.24) is 15.2 Å². The number of carbonyl (C=O) groups excluding carboxylic acids is 2. The quantitative estimate of drug-likeness (QED) is 0.667. The highest BCUT2D eigenvalue weighted by Crippen LogP contribution is 2.52. The molecule has 2 aliphatic carbocycles. The number of fused-ring (bicyclic) bond motifs is 5. The fraction of sp³-hybridized carbons (Fsp3) is 0.333. The number of nitrogens with one attached hydrogen (secondary N) is 1. The number of aromatic nitrogens is 3. The third-order valence-electron chi connectivity index (χ3n) is 4.90. The van der Waals surface area contributed by atoms with Crippen molar-refractivity contribution >= 4 is 17.8 Å². The second-order valence-electron chi connectivity index (χ2n) is 5.97. The summed E-state index contributed by atoms with van der Waals surface area (Å²) in [5, 5.41) is 6.73. The van der Waals surface area contributed by atoms with Crippen LogP contribution in [0.4, 0.5) is 5.95 Å². The molecular formula is C15H12N4O3. The summed E-state index contributed by atoms with van der Waals surface area (Å²) >= 11 is 0. The van der Waals surface area contributed by atoms with Crippen molar-refractivity contribution in [3.63, 3.8) is 0 Å². The number of allylic oxidation sites excluding steroid dienone is 2. The summed E-state index contributed by atoms with van der Waals surface area (Å²) < 4.78 is 5.24. The number of anilines is 1. The lowest BCUT2D eigenvalue weighted by molar-refractivity contribution is -0.123. The lowest BCUT2D eigenvalue weighted by Gasteiger charge is -2.14. The number of amides is 2. The molecule has 3 heterocycles. The maximum atomic E-state index is 12.6. The molecule has 1 saturated heterocycles. The molecule has 5 rings (SSSR count). The average molecular weight is 296 g/mol. The molecule has 1 aliphatic heterocycles. The molecule has 2 amide bonds. The van der Waals surface area contributed by atoms with Gasteiger partial charge in [0, 0.05) is 0 Å². The Bertz CT molecular complexity index is 777. The smallest absolute Gasteiger partial charge is 0.258 e. The molecule has 0 spiro atoms. The molecule has 2 aromatic heterocycles. The lowest BCUT2D eigenvalue weighted by Crippen LogP contribution is -2.33. The van der Waals surface area contributed by atoms with E-state index < -0.39 is 0 Å². The Morgan fingerprint density at radius 3 is 2.55 bits per heavy atom. The molecule has 0 radical (unpaired) electrons. The molecular weight excluding hydrogens is 284 g/mol. The van der Waals surface area contributed by atoms with Gasteiger partial charge in [0.25, 0.3) is 5.95 Å². The van der Waals surface area contributed by atoms with Crippen LogP contribution in [0, 0.1) is 23.7 Å². The van der Waals surface area contributed by atoms with Gasteiger partial charge in [0.15, 0.2) is 11.6 Å². The second kappa shape index (κ2) is 3.94. The van der Waals surface area contributed by atoms with Crippen molar-refractivity contribution in [3.8, 4) is 11.6 Å². The molecule has 1 saturated carbocycles. The second-order valence-corrected chi connectivity index (χ2v) is 5.97. The van der Waals surface area contributed by atoms with Crippen LogP contribution in [0.1, 0.15) is 6.42 Å². The first kappa shape index (κ1) is 11.9. The Balaban J connectivity index is 1.52. The van der Waals surface area contributed by atoms with Crippen LogP contribution in [-0.2, 0) is 9.59 Å². The fourth-order valence-electron chi connectivity index (χ4n) is 3.98. The molecule has 7 heteroatoms. The fourth-order valence-corrected chi connectivity index (χ4v) is 3.98. The molecule has 0 unspecified atom stereocenters. The van der Waals surface area contributed by atoms with E-state index in [9.17, 15) is 9.59 Å². The normalized spacial score (nSPS) is 32.3. The minimum atomic E-state index is -0.243. The van der Waals surface area contributed by atoms with Gasteiger partial charge in [-0.1, -0.05) is 12.2 Å². The van der Waals surface area contributed by atoms with Gasteiger partial charge in [0.05, 0.1) is 18.1 Å².